The molecule has 5 nitrogen and oxygen atoms in total. The lowest BCUT2D eigenvalue weighted by atomic mass is 10.1. The molecular formula is C16H18N2O3. The topological polar surface area (TPSA) is 62.4 Å². The van der Waals surface area contributed by atoms with Crippen LogP contribution in [-0.4, -0.2) is 35.4 Å². The van der Waals surface area contributed by atoms with Gasteiger partial charge in [-0.1, -0.05) is 29.8 Å². The maximum absolute atomic E-state index is 11.9. The molecule has 0 aliphatic carbocycles. The highest BCUT2D eigenvalue weighted by Crippen LogP contribution is 2.06. The van der Waals surface area contributed by atoms with Gasteiger partial charge in [-0.05, 0) is 24.6 Å². The zero-order valence-corrected chi connectivity index (χ0v) is 12.1. The monoisotopic (exact) mass is 286 g/mol. The second-order valence-corrected chi connectivity index (χ2v) is 4.90. The molecule has 0 atom stereocenters. The van der Waals surface area contributed by atoms with E-state index in [0.717, 1.165) is 5.56 Å². The van der Waals surface area contributed by atoms with E-state index in [-0.39, 0.29) is 12.5 Å². The van der Waals surface area contributed by atoms with Crippen molar-refractivity contribution >= 4 is 11.9 Å². The predicted octanol–water partition coefficient (Wildman–Crippen LogP) is 2.14. The normalized spacial score (nSPS) is 10.2. The summed E-state index contributed by atoms with van der Waals surface area (Å²) in [5.41, 5.74) is 2.55. The molecule has 1 aromatic heterocycles. The lowest BCUT2D eigenvalue weighted by Crippen LogP contribution is -2.30. The Hall–Kier alpha value is -2.56. The Kier molecular flexibility index (Phi) is 4.77. The van der Waals surface area contributed by atoms with E-state index in [1.165, 1.54) is 10.5 Å². The van der Waals surface area contributed by atoms with Gasteiger partial charge in [0.15, 0.2) is 6.61 Å². The van der Waals surface area contributed by atoms with E-state index in [1.54, 1.807) is 25.4 Å². The lowest BCUT2D eigenvalue weighted by molar-refractivity contribution is -0.133. The lowest BCUT2D eigenvalue weighted by Gasteiger charge is -2.17. The average Bonchev–Trinajstić information content (AvgIpc) is 3.01. The molecule has 0 bridgehead atoms. The summed E-state index contributed by atoms with van der Waals surface area (Å²) in [6, 6.07) is 11.2. The molecule has 0 saturated carbocycles. The van der Waals surface area contributed by atoms with Crippen LogP contribution in [0.15, 0.2) is 42.6 Å². The molecule has 0 spiro atoms. The summed E-state index contributed by atoms with van der Waals surface area (Å²) in [5.74, 6) is -0.771. The minimum absolute atomic E-state index is 0.240. The molecule has 110 valence electrons. The van der Waals surface area contributed by atoms with Gasteiger partial charge in [-0.2, -0.15) is 0 Å². The van der Waals surface area contributed by atoms with Crippen LogP contribution >= 0.6 is 0 Å². The van der Waals surface area contributed by atoms with Crippen LogP contribution in [0.25, 0.3) is 0 Å². The van der Waals surface area contributed by atoms with E-state index in [0.29, 0.717) is 12.2 Å². The number of hydrogen-bond donors (Lipinski definition) is 1. The third-order valence-corrected chi connectivity index (χ3v) is 3.11. The van der Waals surface area contributed by atoms with Gasteiger partial charge < -0.3 is 14.6 Å². The van der Waals surface area contributed by atoms with E-state index in [2.05, 4.69) is 4.98 Å². The first-order valence-electron chi connectivity index (χ1n) is 6.66. The fraction of sp³-hybridized carbons (Fsp3) is 0.250. The van der Waals surface area contributed by atoms with Crippen LogP contribution < -0.4 is 0 Å². The third kappa shape index (κ3) is 4.21. The van der Waals surface area contributed by atoms with Crippen LogP contribution in [-0.2, 0) is 16.1 Å². The first kappa shape index (κ1) is 14.8. The summed E-state index contributed by atoms with van der Waals surface area (Å²) in [4.78, 5) is 27.8. The summed E-state index contributed by atoms with van der Waals surface area (Å²) in [7, 11) is 1.69. The van der Waals surface area contributed by atoms with Crippen molar-refractivity contribution in [3.05, 3.63) is 59.4 Å². The molecule has 1 N–H and O–H groups in total. The van der Waals surface area contributed by atoms with Gasteiger partial charge >= 0.3 is 5.97 Å². The van der Waals surface area contributed by atoms with Gasteiger partial charge in [0, 0.05) is 19.8 Å². The number of aromatic amines is 1. The summed E-state index contributed by atoms with van der Waals surface area (Å²) in [6.45, 7) is 2.23. The number of nitrogens with one attached hydrogen (secondary N) is 1. The van der Waals surface area contributed by atoms with Crippen LogP contribution in [0.1, 0.15) is 21.6 Å². The molecule has 21 heavy (non-hydrogen) atoms. The first-order chi connectivity index (χ1) is 10.1. The molecule has 1 amide bonds. The minimum atomic E-state index is -0.530. The van der Waals surface area contributed by atoms with Crippen molar-refractivity contribution in [1.82, 2.24) is 9.88 Å². The van der Waals surface area contributed by atoms with Gasteiger partial charge in [-0.3, -0.25) is 4.79 Å². The van der Waals surface area contributed by atoms with E-state index in [4.69, 9.17) is 4.74 Å². The number of amides is 1. The van der Waals surface area contributed by atoms with Crippen molar-refractivity contribution in [2.24, 2.45) is 0 Å². The molecule has 0 radical (unpaired) electrons. The Balaban J connectivity index is 1.82. The summed E-state index contributed by atoms with van der Waals surface area (Å²) >= 11 is 0. The highest BCUT2D eigenvalue weighted by Gasteiger charge is 2.14. The molecule has 2 aromatic rings. The Morgan fingerprint density at radius 2 is 1.90 bits per heavy atom. The Morgan fingerprint density at radius 1 is 1.19 bits per heavy atom. The summed E-state index contributed by atoms with van der Waals surface area (Å²) < 4.78 is 4.96. The molecule has 1 heterocycles. The van der Waals surface area contributed by atoms with Crippen LogP contribution in [0.2, 0.25) is 0 Å². The maximum Gasteiger partial charge on any atom is 0.355 e. The third-order valence-electron chi connectivity index (χ3n) is 3.11. The quantitative estimate of drug-likeness (QED) is 0.857. The van der Waals surface area contributed by atoms with E-state index in [1.807, 2.05) is 31.2 Å². The van der Waals surface area contributed by atoms with E-state index in [9.17, 15) is 9.59 Å². The summed E-state index contributed by atoms with van der Waals surface area (Å²) in [5, 5.41) is 0. The van der Waals surface area contributed by atoms with Crippen LogP contribution in [0.3, 0.4) is 0 Å². The van der Waals surface area contributed by atoms with Crippen molar-refractivity contribution in [2.75, 3.05) is 13.7 Å². The number of nitrogens with zero attached hydrogens (tertiary/aromatic N) is 1. The fourth-order valence-corrected chi connectivity index (χ4v) is 1.83. The number of hydrogen-bond acceptors (Lipinski definition) is 3. The molecule has 2 rings (SSSR count). The molecule has 0 aliphatic rings. The Labute approximate surface area is 123 Å². The number of ether oxygens (including phenoxy) is 1. The van der Waals surface area contributed by atoms with Crippen molar-refractivity contribution in [1.29, 1.82) is 0 Å². The second-order valence-electron chi connectivity index (χ2n) is 4.90. The van der Waals surface area contributed by atoms with Crippen LogP contribution in [0.5, 0.6) is 0 Å². The van der Waals surface area contributed by atoms with Crippen molar-refractivity contribution in [3.63, 3.8) is 0 Å². The average molecular weight is 286 g/mol. The molecular weight excluding hydrogens is 268 g/mol. The fourth-order valence-electron chi connectivity index (χ4n) is 1.83. The number of carbonyl (C=O) groups is 2. The molecule has 1 aromatic carbocycles. The molecule has 0 saturated heterocycles. The Bertz CT molecular complexity index is 603. The molecule has 5 heteroatoms. The van der Waals surface area contributed by atoms with Gasteiger partial charge in [0.25, 0.3) is 5.91 Å². The van der Waals surface area contributed by atoms with Gasteiger partial charge in [0.1, 0.15) is 5.69 Å². The number of carbonyl (C=O) groups excluding carboxylic acids is 2. The first-order valence-corrected chi connectivity index (χ1v) is 6.66. The standard InChI is InChI=1S/C16H18N2O3/c1-12-5-7-13(8-6-12)10-18(2)15(19)11-21-16(20)14-4-3-9-17-14/h3-9,17H,10-11H2,1-2H3. The maximum atomic E-state index is 11.9. The second kappa shape index (κ2) is 6.74. The van der Waals surface area contributed by atoms with Crippen molar-refractivity contribution < 1.29 is 14.3 Å². The molecule has 0 fully saturated rings. The number of benzene rings is 1. The molecule has 0 aliphatic heterocycles. The van der Waals surface area contributed by atoms with Gasteiger partial charge in [0.05, 0.1) is 0 Å². The highest BCUT2D eigenvalue weighted by molar-refractivity contribution is 5.89. The number of likely N-dealkylation sites (N-methyl/N-ethyl adjacent to an activating group) is 1. The number of rotatable bonds is 5. The van der Waals surface area contributed by atoms with Gasteiger partial charge in [-0.15, -0.1) is 0 Å². The number of esters is 1. The van der Waals surface area contributed by atoms with Crippen LogP contribution in [0, 0.1) is 6.92 Å². The van der Waals surface area contributed by atoms with Crippen molar-refractivity contribution in [3.8, 4) is 0 Å². The van der Waals surface area contributed by atoms with E-state index >= 15 is 0 Å². The highest BCUT2D eigenvalue weighted by atomic mass is 16.5. The zero-order chi connectivity index (χ0) is 15.2. The van der Waals surface area contributed by atoms with Crippen LogP contribution in [0.4, 0.5) is 0 Å². The number of aromatic nitrogens is 1. The number of aryl methyl sites for hydroxylation is 1. The largest absolute Gasteiger partial charge is 0.451 e. The smallest absolute Gasteiger partial charge is 0.355 e. The SMILES string of the molecule is Cc1ccc(CN(C)C(=O)COC(=O)c2ccc[nH]2)cc1. The predicted molar refractivity (Wildman–Crippen MR) is 78.7 cm³/mol. The zero-order valence-electron chi connectivity index (χ0n) is 12.1. The van der Waals surface area contributed by atoms with Gasteiger partial charge in [-0.25, -0.2) is 4.79 Å². The molecule has 0 unspecified atom stereocenters. The van der Waals surface area contributed by atoms with Gasteiger partial charge in [0.2, 0.25) is 0 Å². The van der Waals surface area contributed by atoms with Crippen molar-refractivity contribution in [2.45, 2.75) is 13.5 Å². The minimum Gasteiger partial charge on any atom is -0.451 e. The number of H-pyrrole nitrogens is 1. The Morgan fingerprint density at radius 3 is 2.52 bits per heavy atom. The van der Waals surface area contributed by atoms with E-state index < -0.39 is 5.97 Å². The summed E-state index contributed by atoms with van der Waals surface area (Å²) in [6.07, 6.45) is 1.63.